The van der Waals surface area contributed by atoms with Crippen LogP contribution >= 0.6 is 0 Å². The number of carbonyl (C=O) groups excluding carboxylic acids is 3. The third-order valence-corrected chi connectivity index (χ3v) is 16.3. The number of fused-ring (bicyclic) bond motifs is 3. The minimum Gasteiger partial charge on any atom is -0.477 e. The predicted molar refractivity (Wildman–Crippen MR) is 324 cm³/mol. The van der Waals surface area contributed by atoms with Crippen molar-refractivity contribution in [2.24, 2.45) is 0 Å². The van der Waals surface area contributed by atoms with Crippen LogP contribution < -0.4 is 44.9 Å². The number of hydrogen-bond donors (Lipinski definition) is 5. The molecule has 21 heteroatoms. The van der Waals surface area contributed by atoms with E-state index >= 15 is 0 Å². The molecule has 3 aromatic heterocycles. The van der Waals surface area contributed by atoms with E-state index in [1.54, 1.807) is 23.3 Å². The number of hydrogen-bond acceptors (Lipinski definition) is 15. The van der Waals surface area contributed by atoms with Crippen LogP contribution in [0.4, 0.5) is 17.1 Å². The van der Waals surface area contributed by atoms with Crippen LogP contribution in [0.15, 0.2) is 189 Å². The molecule has 1 saturated heterocycles. The quantitative estimate of drug-likeness (QED) is 0.0588. The van der Waals surface area contributed by atoms with E-state index in [-0.39, 0.29) is 37.5 Å². The first-order valence-electron chi connectivity index (χ1n) is 29.1. The summed E-state index contributed by atoms with van der Waals surface area (Å²) in [5.41, 5.74) is 9.25. The van der Waals surface area contributed by atoms with E-state index in [0.29, 0.717) is 69.5 Å². The zero-order chi connectivity index (χ0) is 59.4. The Morgan fingerprint density at radius 3 is 1.61 bits per heavy atom. The summed E-state index contributed by atoms with van der Waals surface area (Å²) in [4.78, 5) is 47.6. The highest BCUT2D eigenvalue weighted by Gasteiger charge is 2.49. The largest absolute Gasteiger partial charge is 0.477 e. The average Bonchev–Trinajstić information content (AvgIpc) is 4.24. The minimum atomic E-state index is -0.820. The molecule has 6 aromatic carbocycles. The molecule has 7 heterocycles. The standard InChI is InChI=1S/C66H66N12O9/c1-66(43-84-62(66)47-34-70-77(38-47)50-23-17-45(18-24-50)35-73-39-59(63(81)67-30-32-79)85-56-12-5-2-9-53(56)73)72-65(83)61-41-75(55-11-4-7-14-58(55)87-61)37-46-19-25-51(26-20-46)78-52(27-29-69-78)33-48(42-80)71-64(82)60-40-74(54-10-3-6-13-57(54)86-60)36-44-15-21-49(22-16-44)76-31-8-28-68-76/h2-29,31,34,38,48,59-62,79-80H,30,32-33,35-37,39-43H2,1H3,(H,67,81)(H,71,82)(H,72,83). The van der Waals surface area contributed by atoms with Gasteiger partial charge in [0.15, 0.2) is 18.3 Å². The van der Waals surface area contributed by atoms with E-state index in [4.69, 9.17) is 18.9 Å². The fourth-order valence-corrected chi connectivity index (χ4v) is 11.8. The maximum absolute atomic E-state index is 14.3. The van der Waals surface area contributed by atoms with Crippen molar-refractivity contribution < 1.29 is 43.5 Å². The van der Waals surface area contributed by atoms with Crippen LogP contribution in [0, 0.1) is 0 Å². The van der Waals surface area contributed by atoms with Gasteiger partial charge in [-0.15, -0.1) is 0 Å². The molecule has 13 rings (SSSR count). The van der Waals surface area contributed by atoms with E-state index in [9.17, 15) is 24.6 Å². The maximum Gasteiger partial charge on any atom is 0.263 e. The van der Waals surface area contributed by atoms with E-state index < -0.39 is 36.0 Å². The van der Waals surface area contributed by atoms with Crippen molar-refractivity contribution >= 4 is 34.8 Å². The summed E-state index contributed by atoms with van der Waals surface area (Å²) in [7, 11) is 0. The number of aliphatic hydroxyl groups excluding tert-OH is 2. The summed E-state index contributed by atoms with van der Waals surface area (Å²) in [5, 5.41) is 42.6. The maximum atomic E-state index is 14.3. The van der Waals surface area contributed by atoms with Crippen molar-refractivity contribution in [1.29, 1.82) is 0 Å². The molecule has 0 radical (unpaired) electrons. The lowest BCUT2D eigenvalue weighted by molar-refractivity contribution is -0.161. The van der Waals surface area contributed by atoms with Gasteiger partial charge < -0.3 is 59.8 Å². The highest BCUT2D eigenvalue weighted by molar-refractivity contribution is 5.85. The topological polar surface area (TPSA) is 228 Å². The minimum absolute atomic E-state index is 0.152. The van der Waals surface area contributed by atoms with Gasteiger partial charge in [-0.3, -0.25) is 14.4 Å². The number of nitrogens with one attached hydrogen (secondary N) is 3. The van der Waals surface area contributed by atoms with Crippen LogP contribution in [0.2, 0.25) is 0 Å². The number of aliphatic hydroxyl groups is 2. The first-order valence-corrected chi connectivity index (χ1v) is 29.1. The molecule has 4 aliphatic heterocycles. The van der Waals surface area contributed by atoms with Crippen LogP contribution in [0.5, 0.6) is 17.2 Å². The van der Waals surface area contributed by atoms with Gasteiger partial charge in [-0.05, 0) is 109 Å². The van der Waals surface area contributed by atoms with Crippen molar-refractivity contribution in [3.05, 3.63) is 217 Å². The number of aromatic nitrogens is 6. The van der Waals surface area contributed by atoms with Crippen molar-refractivity contribution in [2.45, 2.75) is 69.0 Å². The fourth-order valence-electron chi connectivity index (χ4n) is 11.8. The molecule has 444 valence electrons. The van der Waals surface area contributed by atoms with Gasteiger partial charge in [-0.2, -0.15) is 15.3 Å². The van der Waals surface area contributed by atoms with E-state index in [1.807, 2.05) is 174 Å². The van der Waals surface area contributed by atoms with Gasteiger partial charge in [-0.1, -0.05) is 72.8 Å². The Morgan fingerprint density at radius 2 is 1.10 bits per heavy atom. The van der Waals surface area contributed by atoms with Gasteiger partial charge in [-0.25, -0.2) is 14.0 Å². The van der Waals surface area contributed by atoms with E-state index in [1.165, 1.54) is 0 Å². The Balaban J connectivity index is 0.619. The first kappa shape index (κ1) is 56.2. The average molecular weight is 1170 g/mol. The molecular weight excluding hydrogens is 1100 g/mol. The molecule has 3 amide bonds. The second-order valence-corrected chi connectivity index (χ2v) is 22.5. The molecule has 1 fully saturated rings. The molecule has 5 N–H and O–H groups in total. The number of amides is 3. The normalized spacial score (nSPS) is 19.6. The Hall–Kier alpha value is -9.96. The Kier molecular flexibility index (Phi) is 15.9. The van der Waals surface area contributed by atoms with Gasteiger partial charge in [0.25, 0.3) is 17.7 Å². The Morgan fingerprint density at radius 1 is 0.586 bits per heavy atom. The monoisotopic (exact) mass is 1170 g/mol. The number of anilines is 3. The molecule has 9 aromatic rings. The van der Waals surface area contributed by atoms with Crippen LogP contribution in [0.25, 0.3) is 17.1 Å². The molecule has 6 atom stereocenters. The van der Waals surface area contributed by atoms with Crippen LogP contribution in [0.1, 0.15) is 41.0 Å². The molecule has 87 heavy (non-hydrogen) atoms. The van der Waals surface area contributed by atoms with Gasteiger partial charge in [0.05, 0.1) is 91.4 Å². The SMILES string of the molecule is CC1(NC(=O)C2CN(Cc3ccc(-n4nccc4CC(CO)NC(=O)C4CN(Cc5ccc(-n6cccn6)cc5)c5ccccc5O4)cc3)c3ccccc3O2)COC1c1cnn(-c2ccc(CN3CC(C(=O)NCCO)Oc4ccccc43)cc2)c1. The number of ether oxygens (including phenoxy) is 4. The lowest BCUT2D eigenvalue weighted by atomic mass is 9.86. The Bertz CT molecular complexity index is 3880. The molecule has 0 aliphatic carbocycles. The number of para-hydroxylation sites is 6. The van der Waals surface area contributed by atoms with Gasteiger partial charge >= 0.3 is 0 Å². The second-order valence-electron chi connectivity index (χ2n) is 22.5. The zero-order valence-corrected chi connectivity index (χ0v) is 47.8. The molecule has 0 bridgehead atoms. The third-order valence-electron chi connectivity index (χ3n) is 16.3. The summed E-state index contributed by atoms with van der Waals surface area (Å²) in [6.07, 6.45) is 6.53. The van der Waals surface area contributed by atoms with E-state index in [2.05, 4.69) is 58.1 Å². The summed E-state index contributed by atoms with van der Waals surface area (Å²) < 4.78 is 30.3. The number of benzene rings is 6. The van der Waals surface area contributed by atoms with Crippen molar-refractivity contribution in [1.82, 2.24) is 45.3 Å². The summed E-state index contributed by atoms with van der Waals surface area (Å²) in [5.74, 6) is 0.996. The van der Waals surface area contributed by atoms with Crippen molar-refractivity contribution in [3.8, 4) is 34.3 Å². The fraction of sp³-hybridized carbons (Fsp3) is 0.273. The van der Waals surface area contributed by atoms with Crippen LogP contribution in [0.3, 0.4) is 0 Å². The number of rotatable bonds is 20. The third kappa shape index (κ3) is 12.0. The van der Waals surface area contributed by atoms with E-state index in [0.717, 1.165) is 62.1 Å². The van der Waals surface area contributed by atoms with Gasteiger partial charge in [0, 0.05) is 68.6 Å². The molecular formula is C66H66N12O9. The smallest absolute Gasteiger partial charge is 0.263 e. The number of carbonyl (C=O) groups is 3. The van der Waals surface area contributed by atoms with Crippen LogP contribution in [-0.2, 0) is 45.2 Å². The Labute approximate surface area is 502 Å². The van der Waals surface area contributed by atoms with Gasteiger partial charge in [0.2, 0.25) is 0 Å². The first-order chi connectivity index (χ1) is 42.5. The summed E-state index contributed by atoms with van der Waals surface area (Å²) in [6.45, 7) is 4.55. The molecule has 6 unspecified atom stereocenters. The highest BCUT2D eigenvalue weighted by atomic mass is 16.5. The lowest BCUT2D eigenvalue weighted by Crippen LogP contribution is -2.64. The van der Waals surface area contributed by atoms with Crippen molar-refractivity contribution in [3.63, 3.8) is 0 Å². The molecule has 21 nitrogen and oxygen atoms in total. The lowest BCUT2D eigenvalue weighted by Gasteiger charge is -2.47. The second kappa shape index (κ2) is 24.6. The van der Waals surface area contributed by atoms with Crippen LogP contribution in [-0.4, -0.2) is 133 Å². The van der Waals surface area contributed by atoms with Crippen molar-refractivity contribution in [2.75, 3.05) is 60.7 Å². The molecule has 4 aliphatic rings. The van der Waals surface area contributed by atoms with Gasteiger partial charge in [0.1, 0.15) is 23.4 Å². The summed E-state index contributed by atoms with van der Waals surface area (Å²) >= 11 is 0. The highest BCUT2D eigenvalue weighted by Crippen LogP contribution is 2.41. The molecule has 0 saturated carbocycles. The molecule has 0 spiro atoms. The zero-order valence-electron chi connectivity index (χ0n) is 47.8. The summed E-state index contributed by atoms with van der Waals surface area (Å²) in [6, 6.07) is 50.5. The predicted octanol–water partition coefficient (Wildman–Crippen LogP) is 6.02. The number of nitrogens with zero attached hydrogens (tertiary/aromatic N) is 9.